The minimum Gasteiger partial charge on any atom is -0.462 e. The second-order valence-electron chi connectivity index (χ2n) is 18.8. The lowest BCUT2D eigenvalue weighted by atomic mass is 10.0. The first-order chi connectivity index (χ1) is 34.6. The fraction of sp³-hybridized carbons (Fsp3) is 0.662. The van der Waals surface area contributed by atoms with Crippen molar-refractivity contribution in [3.63, 3.8) is 0 Å². The van der Waals surface area contributed by atoms with E-state index in [1.54, 1.807) is 0 Å². The predicted octanol–water partition coefficient (Wildman–Crippen LogP) is 20.1. The summed E-state index contributed by atoms with van der Waals surface area (Å²) in [4.78, 5) is 25.5. The van der Waals surface area contributed by atoms with Crippen LogP contribution in [0.3, 0.4) is 0 Å². The normalized spacial score (nSPS) is 13.1. The molecule has 1 atom stereocenters. The molecule has 5 nitrogen and oxygen atoms in total. The molecule has 5 heteroatoms. The number of carbonyl (C=O) groups excluding carboxylic acids is 2. The van der Waals surface area contributed by atoms with Gasteiger partial charge in [0.25, 0.3) is 0 Å². The zero-order chi connectivity index (χ0) is 50.6. The lowest BCUT2D eigenvalue weighted by molar-refractivity contribution is -0.163. The number of hydrogen-bond acceptors (Lipinski definition) is 5. The average molecular weight is 970 g/mol. The highest BCUT2D eigenvalue weighted by Gasteiger charge is 2.17. The van der Waals surface area contributed by atoms with Crippen LogP contribution in [0.1, 0.15) is 252 Å². The molecule has 0 aromatic carbocycles. The van der Waals surface area contributed by atoms with Crippen LogP contribution in [0, 0.1) is 0 Å². The largest absolute Gasteiger partial charge is 0.462 e. The second kappa shape index (κ2) is 59.6. The summed E-state index contributed by atoms with van der Waals surface area (Å²) in [6, 6.07) is 0. The fourth-order valence-electron chi connectivity index (χ4n) is 7.74. The third-order valence-electron chi connectivity index (χ3n) is 12.0. The molecule has 0 aromatic rings. The summed E-state index contributed by atoms with van der Waals surface area (Å²) >= 11 is 0. The van der Waals surface area contributed by atoms with E-state index in [0.717, 1.165) is 128 Å². The first-order valence-corrected chi connectivity index (χ1v) is 29.1. The van der Waals surface area contributed by atoms with Crippen LogP contribution in [-0.2, 0) is 23.8 Å². The number of hydrogen-bond donors (Lipinski definition) is 0. The fourth-order valence-corrected chi connectivity index (χ4v) is 7.74. The SMILES string of the molecule is CC/C=C\C/C=C\C/C=C\C/C=C\C/C=C\CCCCCC(=O)OCC(COCCCCCCCCCCCCCCCCCC)OC(=O)CCCCC/C=C\C/C=C\C/C=C\C/C=C\C/C=C\CC. The van der Waals surface area contributed by atoms with Crippen molar-refractivity contribution in [1.82, 2.24) is 0 Å². The van der Waals surface area contributed by atoms with Crippen molar-refractivity contribution in [1.29, 1.82) is 0 Å². The highest BCUT2D eigenvalue weighted by atomic mass is 16.6. The van der Waals surface area contributed by atoms with Gasteiger partial charge >= 0.3 is 11.9 Å². The van der Waals surface area contributed by atoms with Gasteiger partial charge in [0.05, 0.1) is 6.61 Å². The van der Waals surface area contributed by atoms with Crippen LogP contribution in [0.5, 0.6) is 0 Å². The van der Waals surface area contributed by atoms with E-state index in [1.165, 1.54) is 89.9 Å². The average Bonchev–Trinajstić information content (AvgIpc) is 3.36. The molecule has 0 aliphatic heterocycles. The molecule has 70 heavy (non-hydrogen) atoms. The Labute approximate surface area is 433 Å². The zero-order valence-corrected chi connectivity index (χ0v) is 45.7. The van der Waals surface area contributed by atoms with Gasteiger partial charge in [-0.25, -0.2) is 0 Å². The maximum Gasteiger partial charge on any atom is 0.306 e. The first-order valence-electron chi connectivity index (χ1n) is 29.1. The number of carbonyl (C=O) groups is 2. The summed E-state index contributed by atoms with van der Waals surface area (Å²) < 4.78 is 17.4. The van der Waals surface area contributed by atoms with Crippen LogP contribution in [0.2, 0.25) is 0 Å². The molecule has 0 N–H and O–H groups in total. The van der Waals surface area contributed by atoms with Gasteiger partial charge in [-0.1, -0.05) is 251 Å². The van der Waals surface area contributed by atoms with E-state index in [2.05, 4.69) is 142 Å². The third kappa shape index (κ3) is 56.9. The second-order valence-corrected chi connectivity index (χ2v) is 18.8. The Kier molecular flexibility index (Phi) is 56.5. The van der Waals surface area contributed by atoms with Crippen molar-refractivity contribution in [3.8, 4) is 0 Å². The van der Waals surface area contributed by atoms with Crippen molar-refractivity contribution in [2.75, 3.05) is 19.8 Å². The highest BCUT2D eigenvalue weighted by molar-refractivity contribution is 5.70. The highest BCUT2D eigenvalue weighted by Crippen LogP contribution is 2.15. The van der Waals surface area contributed by atoms with Crippen LogP contribution in [-0.4, -0.2) is 37.9 Å². The molecule has 0 saturated carbocycles. The Morgan fingerprint density at radius 2 is 0.643 bits per heavy atom. The van der Waals surface area contributed by atoms with Crippen LogP contribution >= 0.6 is 0 Å². The number of esters is 2. The van der Waals surface area contributed by atoms with Gasteiger partial charge in [-0.15, -0.1) is 0 Å². The topological polar surface area (TPSA) is 61.8 Å². The van der Waals surface area contributed by atoms with Gasteiger partial charge in [0.15, 0.2) is 6.10 Å². The molecule has 398 valence electrons. The quantitative estimate of drug-likeness (QED) is 0.0345. The molecule has 0 aliphatic rings. The zero-order valence-electron chi connectivity index (χ0n) is 45.7. The molecule has 0 heterocycles. The smallest absolute Gasteiger partial charge is 0.306 e. The lowest BCUT2D eigenvalue weighted by Crippen LogP contribution is -2.30. The van der Waals surface area contributed by atoms with Crippen LogP contribution in [0.4, 0.5) is 0 Å². The lowest BCUT2D eigenvalue weighted by Gasteiger charge is -2.18. The Bertz CT molecular complexity index is 1420. The summed E-state index contributed by atoms with van der Waals surface area (Å²) in [5, 5.41) is 0. The van der Waals surface area contributed by atoms with Crippen molar-refractivity contribution < 1.29 is 23.8 Å². The van der Waals surface area contributed by atoms with E-state index in [-0.39, 0.29) is 25.2 Å². The summed E-state index contributed by atoms with van der Waals surface area (Å²) in [6.45, 7) is 7.54. The van der Waals surface area contributed by atoms with E-state index in [1.807, 2.05) is 0 Å². The minimum absolute atomic E-state index is 0.0492. The summed E-state index contributed by atoms with van der Waals surface area (Å²) in [7, 11) is 0. The van der Waals surface area contributed by atoms with Gasteiger partial charge in [0.2, 0.25) is 0 Å². The number of unbranched alkanes of at least 4 members (excludes halogenated alkanes) is 21. The monoisotopic (exact) mass is 969 g/mol. The molecular weight excluding hydrogens is 861 g/mol. The molecule has 0 amide bonds. The Balaban J connectivity index is 4.42. The summed E-state index contributed by atoms with van der Waals surface area (Å²) in [5.74, 6) is -0.472. The number of rotatable bonds is 52. The van der Waals surface area contributed by atoms with Gasteiger partial charge in [0, 0.05) is 19.4 Å². The summed E-state index contributed by atoms with van der Waals surface area (Å²) in [5.41, 5.74) is 0. The van der Waals surface area contributed by atoms with Gasteiger partial charge in [-0.3, -0.25) is 9.59 Å². The number of ether oxygens (including phenoxy) is 3. The van der Waals surface area contributed by atoms with E-state index in [4.69, 9.17) is 14.2 Å². The van der Waals surface area contributed by atoms with Crippen LogP contribution in [0.25, 0.3) is 0 Å². The van der Waals surface area contributed by atoms with Gasteiger partial charge in [-0.05, 0) is 109 Å². The number of allylic oxidation sites excluding steroid dienone is 20. The Morgan fingerprint density at radius 3 is 1.01 bits per heavy atom. The molecule has 0 saturated heterocycles. The van der Waals surface area contributed by atoms with Gasteiger partial charge < -0.3 is 14.2 Å². The van der Waals surface area contributed by atoms with Crippen molar-refractivity contribution >= 4 is 11.9 Å². The third-order valence-corrected chi connectivity index (χ3v) is 12.0. The molecule has 0 rings (SSSR count). The van der Waals surface area contributed by atoms with E-state index < -0.39 is 6.10 Å². The van der Waals surface area contributed by atoms with Crippen molar-refractivity contribution in [2.24, 2.45) is 0 Å². The molecule has 0 spiro atoms. The maximum atomic E-state index is 12.9. The predicted molar refractivity (Wildman–Crippen MR) is 306 cm³/mol. The molecule has 0 bridgehead atoms. The Morgan fingerprint density at radius 1 is 0.329 bits per heavy atom. The molecule has 0 aliphatic carbocycles. The van der Waals surface area contributed by atoms with E-state index in [0.29, 0.717) is 19.4 Å². The van der Waals surface area contributed by atoms with Crippen LogP contribution < -0.4 is 0 Å². The van der Waals surface area contributed by atoms with Gasteiger partial charge in [-0.2, -0.15) is 0 Å². The van der Waals surface area contributed by atoms with Gasteiger partial charge in [0.1, 0.15) is 6.61 Å². The van der Waals surface area contributed by atoms with E-state index >= 15 is 0 Å². The minimum atomic E-state index is -0.575. The maximum absolute atomic E-state index is 12.9. The molecular formula is C65H108O5. The Hall–Kier alpha value is -3.70. The molecule has 1 unspecified atom stereocenters. The van der Waals surface area contributed by atoms with Crippen molar-refractivity contribution in [3.05, 3.63) is 122 Å². The first kappa shape index (κ1) is 66.3. The standard InChI is InChI=1S/C65H108O5/c1-4-7-10-13-16-19-22-25-28-31-33-35-37-40-43-46-49-52-55-58-64(66)69-62-63(61-68-60-57-54-51-48-45-42-39-30-27-24-21-18-15-12-9-6-3)70-65(67)59-56-53-50-47-44-41-38-36-34-32-29-26-23-20-17-14-11-8-5-2/h7-8,10-11,16-17,19-20,25-26,28-29,33-36,40-41,43-44,63H,4-6,9,12-15,18,21-24,27,30-32,37-39,42,45-62H2,1-3H3/b10-7-,11-8-,19-16-,20-17-,28-25-,29-26-,35-33-,36-34-,43-40-,44-41-. The molecule has 0 aromatic heterocycles. The molecule has 0 radical (unpaired) electrons. The van der Waals surface area contributed by atoms with Crippen LogP contribution in [0.15, 0.2) is 122 Å². The van der Waals surface area contributed by atoms with E-state index in [9.17, 15) is 9.59 Å². The molecule has 0 fully saturated rings. The van der Waals surface area contributed by atoms with Crippen molar-refractivity contribution in [2.45, 2.75) is 258 Å². The summed E-state index contributed by atoms with van der Waals surface area (Å²) in [6.07, 6.45) is 83.6.